The molecule has 0 spiro atoms. The highest BCUT2D eigenvalue weighted by molar-refractivity contribution is 14.0. The molecule has 0 radical (unpaired) electrons. The molecule has 0 atom stereocenters. The summed E-state index contributed by atoms with van der Waals surface area (Å²) < 4.78 is 11.3. The number of aliphatic imine (C=N–C) groups is 1. The predicted octanol–water partition coefficient (Wildman–Crippen LogP) is 2.89. The fraction of sp³-hybridized carbons (Fsp3) is 0.938. The lowest BCUT2D eigenvalue weighted by atomic mass is 9.99. The van der Waals surface area contributed by atoms with E-state index in [1.54, 1.807) is 0 Å². The van der Waals surface area contributed by atoms with E-state index in [-0.39, 0.29) is 28.7 Å². The summed E-state index contributed by atoms with van der Waals surface area (Å²) in [5.41, 5.74) is 0. The molecule has 1 aliphatic rings. The van der Waals surface area contributed by atoms with Crippen molar-refractivity contribution in [3.8, 4) is 0 Å². The molecular formula is C16H34IN3O2S. The van der Waals surface area contributed by atoms with Crippen molar-refractivity contribution in [2.75, 3.05) is 52.8 Å². The molecule has 1 aliphatic heterocycles. The van der Waals surface area contributed by atoms with Crippen LogP contribution >= 0.6 is 35.7 Å². The first-order valence-electron chi connectivity index (χ1n) is 8.41. The normalized spacial score (nSPS) is 17.4. The minimum atomic E-state index is 0. The van der Waals surface area contributed by atoms with Gasteiger partial charge in [0.15, 0.2) is 5.96 Å². The maximum Gasteiger partial charge on any atom is 0.191 e. The number of nitrogens with one attached hydrogen (secondary N) is 2. The molecule has 2 N–H and O–H groups in total. The number of hydrogen-bond donors (Lipinski definition) is 2. The van der Waals surface area contributed by atoms with E-state index in [0.717, 1.165) is 71.2 Å². The number of ether oxygens (including phenoxy) is 2. The van der Waals surface area contributed by atoms with Gasteiger partial charge in [0.25, 0.3) is 0 Å². The summed E-state index contributed by atoms with van der Waals surface area (Å²) in [6, 6.07) is 0. The lowest BCUT2D eigenvalue weighted by molar-refractivity contribution is 0.0782. The standard InChI is InChI=1S/C16H33N3O2S.HI/c1-4-5-10-20-11-6-9-18-15(17-2)19-14-16(22-3)7-12-21-13-8-16;/h4-14H2,1-3H3,(H2,17,18,19);1H. The Hall–Kier alpha value is 0.270. The molecule has 7 heteroatoms. The van der Waals surface area contributed by atoms with Crippen molar-refractivity contribution in [3.05, 3.63) is 0 Å². The van der Waals surface area contributed by atoms with Gasteiger partial charge in [-0.25, -0.2) is 0 Å². The third-order valence-electron chi connectivity index (χ3n) is 4.04. The first kappa shape index (κ1) is 23.3. The van der Waals surface area contributed by atoms with Gasteiger partial charge in [-0.1, -0.05) is 13.3 Å². The van der Waals surface area contributed by atoms with Crippen LogP contribution in [0.4, 0.5) is 0 Å². The molecule has 0 bridgehead atoms. The Morgan fingerprint density at radius 3 is 2.52 bits per heavy atom. The van der Waals surface area contributed by atoms with Crippen molar-refractivity contribution in [3.63, 3.8) is 0 Å². The Balaban J connectivity index is 0.00000484. The van der Waals surface area contributed by atoms with Gasteiger partial charge in [-0.3, -0.25) is 4.99 Å². The molecule has 0 aliphatic carbocycles. The average molecular weight is 459 g/mol. The fourth-order valence-corrected chi connectivity index (χ4v) is 3.18. The van der Waals surface area contributed by atoms with E-state index >= 15 is 0 Å². The van der Waals surface area contributed by atoms with Gasteiger partial charge in [0.2, 0.25) is 0 Å². The second-order valence-electron chi connectivity index (χ2n) is 5.67. The minimum absolute atomic E-state index is 0. The number of hydrogen-bond acceptors (Lipinski definition) is 4. The smallest absolute Gasteiger partial charge is 0.191 e. The average Bonchev–Trinajstić information content (AvgIpc) is 2.57. The molecular weight excluding hydrogens is 425 g/mol. The van der Waals surface area contributed by atoms with Crippen LogP contribution in [0, 0.1) is 0 Å². The highest BCUT2D eigenvalue weighted by Gasteiger charge is 2.31. The quantitative estimate of drug-likeness (QED) is 0.228. The van der Waals surface area contributed by atoms with Crippen LogP contribution in [0.15, 0.2) is 4.99 Å². The first-order valence-corrected chi connectivity index (χ1v) is 9.64. The van der Waals surface area contributed by atoms with Crippen LogP contribution in [0.1, 0.15) is 39.0 Å². The van der Waals surface area contributed by atoms with Gasteiger partial charge in [0.1, 0.15) is 0 Å². The predicted molar refractivity (Wildman–Crippen MR) is 111 cm³/mol. The van der Waals surface area contributed by atoms with Gasteiger partial charge in [0, 0.05) is 51.3 Å². The van der Waals surface area contributed by atoms with Crippen molar-refractivity contribution in [1.29, 1.82) is 0 Å². The highest BCUT2D eigenvalue weighted by Crippen LogP contribution is 2.32. The lowest BCUT2D eigenvalue weighted by Crippen LogP contribution is -2.48. The highest BCUT2D eigenvalue weighted by atomic mass is 127. The number of rotatable bonds is 10. The molecule has 5 nitrogen and oxygen atoms in total. The van der Waals surface area contributed by atoms with Crippen molar-refractivity contribution in [1.82, 2.24) is 10.6 Å². The Morgan fingerprint density at radius 1 is 1.22 bits per heavy atom. The third-order valence-corrected chi connectivity index (χ3v) is 5.46. The monoisotopic (exact) mass is 459 g/mol. The minimum Gasteiger partial charge on any atom is -0.381 e. The van der Waals surface area contributed by atoms with Gasteiger partial charge in [-0.05, 0) is 31.9 Å². The maximum atomic E-state index is 5.56. The maximum absolute atomic E-state index is 5.56. The van der Waals surface area contributed by atoms with Gasteiger partial charge >= 0.3 is 0 Å². The molecule has 1 fully saturated rings. The van der Waals surface area contributed by atoms with E-state index in [0.29, 0.717) is 0 Å². The van der Waals surface area contributed by atoms with Gasteiger partial charge < -0.3 is 20.1 Å². The van der Waals surface area contributed by atoms with Crippen LogP contribution in [0.2, 0.25) is 0 Å². The zero-order valence-corrected chi connectivity index (χ0v) is 18.0. The van der Waals surface area contributed by atoms with Gasteiger partial charge in [0.05, 0.1) is 0 Å². The Bertz CT molecular complexity index is 314. The number of guanidine groups is 1. The third kappa shape index (κ3) is 9.99. The largest absolute Gasteiger partial charge is 0.381 e. The fourth-order valence-electron chi connectivity index (χ4n) is 2.39. The number of nitrogens with zero attached hydrogens (tertiary/aromatic N) is 1. The molecule has 0 saturated carbocycles. The van der Waals surface area contributed by atoms with Crippen LogP contribution in [0.5, 0.6) is 0 Å². The molecule has 0 aromatic carbocycles. The summed E-state index contributed by atoms with van der Waals surface area (Å²) in [6.45, 7) is 7.43. The van der Waals surface area contributed by atoms with E-state index in [1.165, 1.54) is 6.42 Å². The van der Waals surface area contributed by atoms with Crippen molar-refractivity contribution in [2.24, 2.45) is 4.99 Å². The summed E-state index contributed by atoms with van der Waals surface area (Å²) >= 11 is 1.94. The number of thioether (sulfide) groups is 1. The van der Waals surface area contributed by atoms with E-state index < -0.39 is 0 Å². The molecule has 0 unspecified atom stereocenters. The molecule has 1 heterocycles. The molecule has 0 aromatic rings. The van der Waals surface area contributed by atoms with Crippen LogP contribution in [0.3, 0.4) is 0 Å². The summed E-state index contributed by atoms with van der Waals surface area (Å²) in [5.74, 6) is 0.883. The summed E-state index contributed by atoms with van der Waals surface area (Å²) in [7, 11) is 1.82. The second-order valence-corrected chi connectivity index (χ2v) is 6.95. The van der Waals surface area contributed by atoms with E-state index in [1.807, 2.05) is 18.8 Å². The molecule has 1 rings (SSSR count). The first-order chi connectivity index (χ1) is 10.8. The molecule has 23 heavy (non-hydrogen) atoms. The Morgan fingerprint density at radius 2 is 1.91 bits per heavy atom. The molecule has 0 amide bonds. The summed E-state index contributed by atoms with van der Waals surface area (Å²) in [6.07, 6.45) is 7.74. The van der Waals surface area contributed by atoms with Crippen LogP contribution in [0.25, 0.3) is 0 Å². The van der Waals surface area contributed by atoms with Gasteiger partial charge in [-0.15, -0.1) is 24.0 Å². The molecule has 1 saturated heterocycles. The van der Waals surface area contributed by atoms with Crippen LogP contribution in [-0.2, 0) is 9.47 Å². The molecule has 0 aromatic heterocycles. The Labute approximate surface area is 163 Å². The van der Waals surface area contributed by atoms with Crippen LogP contribution < -0.4 is 10.6 Å². The van der Waals surface area contributed by atoms with E-state index in [2.05, 4.69) is 28.8 Å². The van der Waals surface area contributed by atoms with Crippen molar-refractivity contribution >= 4 is 41.7 Å². The molecule has 138 valence electrons. The van der Waals surface area contributed by atoms with Crippen LogP contribution in [-0.4, -0.2) is 63.5 Å². The topological polar surface area (TPSA) is 54.9 Å². The number of unbranched alkanes of at least 4 members (excludes halogenated alkanes) is 1. The van der Waals surface area contributed by atoms with Crippen molar-refractivity contribution < 1.29 is 9.47 Å². The second kappa shape index (κ2) is 14.6. The van der Waals surface area contributed by atoms with Gasteiger partial charge in [-0.2, -0.15) is 11.8 Å². The van der Waals surface area contributed by atoms with E-state index in [4.69, 9.17) is 9.47 Å². The van der Waals surface area contributed by atoms with E-state index in [9.17, 15) is 0 Å². The van der Waals surface area contributed by atoms with Crippen molar-refractivity contribution in [2.45, 2.75) is 43.8 Å². The zero-order valence-electron chi connectivity index (χ0n) is 14.9. The summed E-state index contributed by atoms with van der Waals surface area (Å²) in [5, 5.41) is 6.82. The zero-order chi connectivity index (χ0) is 16.1. The summed E-state index contributed by atoms with van der Waals surface area (Å²) in [4.78, 5) is 4.30. The number of halogens is 1. The lowest BCUT2D eigenvalue weighted by Gasteiger charge is -2.36. The SMILES string of the molecule is CCCCOCCCNC(=NC)NCC1(SC)CCOCC1.I. The Kier molecular flexibility index (Phi) is 14.8.